The molecule has 0 aliphatic heterocycles. The highest BCUT2D eigenvalue weighted by atomic mass is 31.2. The minimum absolute atomic E-state index is 0.133. The Morgan fingerprint density at radius 3 is 1.48 bits per heavy atom. The number of nitrogens with zero attached hydrogens (tertiary/aromatic N) is 2. The van der Waals surface area contributed by atoms with E-state index in [4.69, 9.17) is 4.85 Å². The van der Waals surface area contributed by atoms with Gasteiger partial charge in [-0.05, 0) is 12.1 Å². The van der Waals surface area contributed by atoms with Crippen LogP contribution in [0, 0.1) is 0 Å². The fourth-order valence-corrected chi connectivity index (χ4v) is 7.40. The van der Waals surface area contributed by atoms with Crippen molar-refractivity contribution in [3.05, 3.63) is 138 Å². The molecule has 4 heteroatoms. The average Bonchev–Trinajstić information content (AvgIpc) is 2.85. The van der Waals surface area contributed by atoms with Gasteiger partial charge < -0.3 is 0 Å². The molecule has 0 fully saturated rings. The summed E-state index contributed by atoms with van der Waals surface area (Å²) in [7, 11) is -2.52. The molecule has 0 N–H and O–H groups in total. The lowest BCUT2D eigenvalue weighted by Gasteiger charge is -2.27. The van der Waals surface area contributed by atoms with Gasteiger partial charge in [0, 0.05) is 27.4 Å². The lowest BCUT2D eigenvalue weighted by atomic mass is 10.2. The summed E-state index contributed by atoms with van der Waals surface area (Å²) in [6.45, 7) is 0. The predicted molar refractivity (Wildman–Crippen MR) is 131 cm³/mol. The van der Waals surface area contributed by atoms with Gasteiger partial charge in [-0.15, -0.1) is 0 Å². The second kappa shape index (κ2) is 8.22. The fourth-order valence-electron chi connectivity index (χ4n) is 3.93. The van der Waals surface area contributed by atoms with E-state index < -0.39 is 7.05 Å². The van der Waals surface area contributed by atoms with Crippen molar-refractivity contribution < 1.29 is 0 Å². The van der Waals surface area contributed by atoms with E-state index in [1.54, 1.807) is 10.7 Å². The fraction of sp³-hybridized carbons (Fsp3) is 0. The molecule has 5 aromatic rings. The van der Waals surface area contributed by atoms with Gasteiger partial charge in [0.05, 0.1) is 12.6 Å². The maximum absolute atomic E-state index is 13.1. The summed E-state index contributed by atoms with van der Waals surface area (Å²) in [6.07, 6.45) is 0. The smallest absolute Gasteiger partial charge is 0.267 e. The molecule has 1 heterocycles. The summed E-state index contributed by atoms with van der Waals surface area (Å²) in [5.41, 5.74) is 0.674. The molecule has 4 aromatic carbocycles. The van der Waals surface area contributed by atoms with E-state index >= 15 is 0 Å². The standard InChI is InChI=1S/C27H21N2OP/c30-27-21-20-22-12-10-11-19-26(22)29(27)28-31(23-13-4-1-5-14-23,24-15-6-2-7-16-24)25-17-8-3-9-18-25/h1-21H. The first kappa shape index (κ1) is 19.3. The maximum Gasteiger partial charge on any atom is 0.271 e. The van der Waals surface area contributed by atoms with E-state index in [1.165, 1.54) is 0 Å². The van der Waals surface area contributed by atoms with Crippen molar-refractivity contribution in [3.63, 3.8) is 0 Å². The molecular weight excluding hydrogens is 399 g/mol. The zero-order valence-corrected chi connectivity index (χ0v) is 17.8. The molecule has 0 bridgehead atoms. The normalized spacial score (nSPS) is 11.4. The third kappa shape index (κ3) is 3.43. The molecule has 0 radical (unpaired) electrons. The topological polar surface area (TPSA) is 34.4 Å². The van der Waals surface area contributed by atoms with E-state index in [9.17, 15) is 4.79 Å². The van der Waals surface area contributed by atoms with Crippen LogP contribution in [0.25, 0.3) is 10.9 Å². The first-order valence-electron chi connectivity index (χ1n) is 10.2. The maximum atomic E-state index is 13.1. The number of hydrogen-bond donors (Lipinski definition) is 0. The highest BCUT2D eigenvalue weighted by Gasteiger charge is 2.28. The summed E-state index contributed by atoms with van der Waals surface area (Å²) in [6, 6.07) is 42.3. The van der Waals surface area contributed by atoms with E-state index in [-0.39, 0.29) is 5.56 Å². The third-order valence-corrected chi connectivity index (χ3v) is 8.98. The first-order chi connectivity index (χ1) is 15.3. The summed E-state index contributed by atoms with van der Waals surface area (Å²) in [5, 5.41) is 4.30. The predicted octanol–water partition coefficient (Wildman–Crippen LogP) is 4.94. The van der Waals surface area contributed by atoms with E-state index in [2.05, 4.69) is 36.4 Å². The number of benzene rings is 4. The second-order valence-corrected chi connectivity index (χ2v) is 10.3. The van der Waals surface area contributed by atoms with Crippen LogP contribution in [0.4, 0.5) is 0 Å². The van der Waals surface area contributed by atoms with Gasteiger partial charge in [0.1, 0.15) is 0 Å². The number of hydrogen-bond acceptors (Lipinski definition) is 2. The molecule has 150 valence electrons. The lowest BCUT2D eigenvalue weighted by Crippen LogP contribution is -2.27. The van der Waals surface area contributed by atoms with Crippen molar-refractivity contribution in [2.24, 2.45) is 4.85 Å². The van der Waals surface area contributed by atoms with Gasteiger partial charge in [0.25, 0.3) is 5.56 Å². The summed E-state index contributed by atoms with van der Waals surface area (Å²) >= 11 is 0. The third-order valence-electron chi connectivity index (χ3n) is 5.39. The van der Waals surface area contributed by atoms with Gasteiger partial charge >= 0.3 is 0 Å². The minimum Gasteiger partial charge on any atom is -0.267 e. The molecular formula is C27H21N2OP. The van der Waals surface area contributed by atoms with E-state index in [0.717, 1.165) is 26.8 Å². The highest BCUT2D eigenvalue weighted by Crippen LogP contribution is 2.46. The molecule has 5 rings (SSSR count). The molecule has 0 spiro atoms. The van der Waals surface area contributed by atoms with E-state index in [1.807, 2.05) is 84.9 Å². The van der Waals surface area contributed by atoms with Crippen LogP contribution in [0.1, 0.15) is 0 Å². The van der Waals surface area contributed by atoms with Crippen molar-refractivity contribution in [1.82, 2.24) is 4.68 Å². The Morgan fingerprint density at radius 2 is 0.968 bits per heavy atom. The van der Waals surface area contributed by atoms with Crippen LogP contribution in [0.5, 0.6) is 0 Å². The molecule has 0 unspecified atom stereocenters. The largest absolute Gasteiger partial charge is 0.271 e. The first-order valence-corrected chi connectivity index (χ1v) is 11.9. The number of rotatable bonds is 4. The average molecular weight is 420 g/mol. The van der Waals surface area contributed by atoms with Gasteiger partial charge in [-0.1, -0.05) is 109 Å². The van der Waals surface area contributed by atoms with Crippen LogP contribution >= 0.6 is 7.05 Å². The van der Waals surface area contributed by atoms with Gasteiger partial charge in [0.15, 0.2) is 0 Å². The Labute approximate surface area is 181 Å². The Balaban J connectivity index is 2.00. The summed E-state index contributed by atoms with van der Waals surface area (Å²) in [5.74, 6) is 0. The Bertz CT molecular complexity index is 1340. The van der Waals surface area contributed by atoms with Crippen molar-refractivity contribution in [2.75, 3.05) is 0 Å². The Kier molecular flexibility index (Phi) is 5.11. The molecule has 0 aliphatic carbocycles. The monoisotopic (exact) mass is 420 g/mol. The van der Waals surface area contributed by atoms with Gasteiger partial charge in [0.2, 0.25) is 0 Å². The molecule has 0 amide bonds. The molecule has 31 heavy (non-hydrogen) atoms. The molecule has 3 nitrogen and oxygen atoms in total. The number of pyridine rings is 1. The molecule has 1 aromatic heterocycles. The van der Waals surface area contributed by atoms with E-state index in [0.29, 0.717) is 0 Å². The van der Waals surface area contributed by atoms with Gasteiger partial charge in [-0.3, -0.25) is 4.79 Å². The van der Waals surface area contributed by atoms with Crippen molar-refractivity contribution in [2.45, 2.75) is 0 Å². The van der Waals surface area contributed by atoms with Crippen LogP contribution in [0.15, 0.2) is 137 Å². The van der Waals surface area contributed by atoms with Gasteiger partial charge in [-0.25, -0.2) is 0 Å². The Morgan fingerprint density at radius 1 is 0.516 bits per heavy atom. The van der Waals surface area contributed by atoms with Crippen molar-refractivity contribution >= 4 is 33.9 Å². The van der Waals surface area contributed by atoms with Crippen LogP contribution < -0.4 is 21.5 Å². The van der Waals surface area contributed by atoms with Crippen LogP contribution in [-0.4, -0.2) is 4.68 Å². The van der Waals surface area contributed by atoms with Gasteiger partial charge in [-0.2, -0.15) is 9.53 Å². The zero-order valence-electron chi connectivity index (χ0n) is 16.9. The summed E-state index contributed by atoms with van der Waals surface area (Å²) < 4.78 is 1.59. The van der Waals surface area contributed by atoms with Crippen LogP contribution in [0.2, 0.25) is 0 Å². The number of para-hydroxylation sites is 1. The quantitative estimate of drug-likeness (QED) is 0.379. The SMILES string of the molecule is O=c1ccc2ccccc2n1N=P(c1ccccc1)(c1ccccc1)c1ccccc1. The highest BCUT2D eigenvalue weighted by molar-refractivity contribution is 7.87. The second-order valence-electron chi connectivity index (χ2n) is 7.27. The number of aromatic nitrogens is 1. The van der Waals surface area contributed by atoms with Crippen LogP contribution in [-0.2, 0) is 0 Å². The van der Waals surface area contributed by atoms with Crippen molar-refractivity contribution in [1.29, 1.82) is 0 Å². The Hall–Kier alpha value is -3.68. The van der Waals surface area contributed by atoms with Crippen LogP contribution in [0.3, 0.4) is 0 Å². The number of fused-ring (bicyclic) bond motifs is 1. The zero-order chi connectivity index (χ0) is 21.1. The summed E-state index contributed by atoms with van der Waals surface area (Å²) in [4.78, 5) is 18.4. The molecule has 0 aliphatic rings. The minimum atomic E-state index is -2.52. The lowest BCUT2D eigenvalue weighted by molar-refractivity contribution is 0.885. The molecule has 0 saturated carbocycles. The molecule has 0 atom stereocenters. The molecule has 0 saturated heterocycles. The van der Waals surface area contributed by atoms with Crippen molar-refractivity contribution in [3.8, 4) is 0 Å².